The molecule has 10 heavy (non-hydrogen) atoms. The van der Waals surface area contributed by atoms with Gasteiger partial charge in [0.25, 0.3) is 0 Å². The van der Waals surface area contributed by atoms with Crippen molar-refractivity contribution < 1.29 is 60.4 Å². The molecule has 53 valence electrons. The molecule has 3 saturated heterocycles. The van der Waals surface area contributed by atoms with E-state index in [1.54, 1.807) is 0 Å². The normalized spacial score (nSPS) is 43.5. The molecule has 3 atom stereocenters. The Bertz CT molecular complexity index is 129. The Labute approximate surface area is 91.9 Å². The summed E-state index contributed by atoms with van der Waals surface area (Å²) in [5, 5.41) is 0. The Morgan fingerprint density at radius 1 is 1.50 bits per heavy atom. The molecule has 0 aromatic rings. The molecule has 3 aliphatic rings. The van der Waals surface area contributed by atoms with Crippen molar-refractivity contribution in [2.24, 2.45) is 0 Å². The van der Waals surface area contributed by atoms with Crippen LogP contribution in [0.2, 0.25) is 0 Å². The molecular formula is C5H10N2OUY. The van der Waals surface area contributed by atoms with E-state index in [9.17, 15) is 2.61 Å². The van der Waals surface area contributed by atoms with Gasteiger partial charge in [-0.3, -0.25) is 0 Å². The van der Waals surface area contributed by atoms with Gasteiger partial charge in [0.2, 0.25) is 0 Å². The topological polar surface area (TPSA) is 26.7 Å². The number of fused-ring (bicyclic) bond motifs is 3. The maximum atomic E-state index is 9.18. The quantitative estimate of drug-likeness (QED) is 0.560. The van der Waals surface area contributed by atoms with Crippen LogP contribution >= 0.6 is 0 Å². The molecular weight excluding hydrogens is 431 g/mol. The van der Waals surface area contributed by atoms with Gasteiger partial charge in [-0.1, -0.05) is 0 Å². The zero-order valence-electron chi connectivity index (χ0n) is 5.82. The Kier molecular flexibility index (Phi) is 3.30. The van der Waals surface area contributed by atoms with Gasteiger partial charge in [-0.2, -0.15) is 0 Å². The van der Waals surface area contributed by atoms with E-state index >= 15 is 0 Å². The summed E-state index contributed by atoms with van der Waals surface area (Å²) in [5.74, 6) is 0. The first-order valence-corrected chi connectivity index (χ1v) is 11.2. The summed E-state index contributed by atoms with van der Waals surface area (Å²) in [6.07, 6.45) is 0. The minimum atomic E-state index is -1.29. The second-order valence-electron chi connectivity index (χ2n) is 2.82. The van der Waals surface area contributed by atoms with E-state index in [-0.39, 0.29) is 29.5 Å². The fourth-order valence-electron chi connectivity index (χ4n) is 1.57. The van der Waals surface area contributed by atoms with Crippen LogP contribution in [0.5, 0.6) is 0 Å². The first-order chi connectivity index (χ1) is 4.90. The SMILES string of the molecule is [OH][U][CH]1CN2CC[N]1[Y][CH2]2. The number of nitrogens with zero attached hydrogens (tertiary/aromatic N) is 2. The number of hydrogen-bond acceptors (Lipinski definition) is 3. The molecule has 5 heteroatoms. The fraction of sp³-hybridized carbons (Fsp3) is 1.00. The first-order valence-electron chi connectivity index (χ1n) is 3.61. The molecule has 3 rings (SSSR count). The molecule has 3 nitrogen and oxygen atoms in total. The van der Waals surface area contributed by atoms with Gasteiger partial charge >= 0.3 is 93.4 Å². The third-order valence-corrected chi connectivity index (χ3v) is 13.0. The van der Waals surface area contributed by atoms with E-state index in [1.807, 2.05) is 0 Å². The summed E-state index contributed by atoms with van der Waals surface area (Å²) in [7, 11) is 0. The molecule has 0 aromatic heterocycles. The van der Waals surface area contributed by atoms with Crippen molar-refractivity contribution in [2.45, 2.75) is 3.08 Å². The molecule has 0 amide bonds. The molecule has 3 aliphatic heterocycles. The number of rotatable bonds is 1. The van der Waals surface area contributed by atoms with E-state index < -0.39 is 28.2 Å². The summed E-state index contributed by atoms with van der Waals surface area (Å²) < 4.78 is 14.0. The first kappa shape index (κ1) is 8.63. The van der Waals surface area contributed by atoms with Gasteiger partial charge in [-0.15, -0.1) is 0 Å². The zero-order chi connectivity index (χ0) is 6.97. The van der Waals surface area contributed by atoms with Gasteiger partial charge in [0.15, 0.2) is 0 Å². The molecule has 0 saturated carbocycles. The maximum absolute atomic E-state index is 9.18. The van der Waals surface area contributed by atoms with E-state index in [2.05, 4.69) is 6.93 Å². The molecule has 3 fully saturated rings. The van der Waals surface area contributed by atoms with Gasteiger partial charge in [-0.05, 0) is 0 Å². The van der Waals surface area contributed by atoms with Crippen LogP contribution in [0.25, 0.3) is 0 Å². The average molecular weight is 441 g/mol. The fourth-order valence-corrected chi connectivity index (χ4v) is 11.8. The number of hydrogen-bond donors (Lipinski definition) is 1. The summed E-state index contributed by atoms with van der Waals surface area (Å²) >= 11 is -1.64. The van der Waals surface area contributed by atoms with Crippen LogP contribution < -0.4 is 0 Å². The molecule has 2 bridgehead atoms. The summed E-state index contributed by atoms with van der Waals surface area (Å²) in [5.41, 5.74) is 0. The summed E-state index contributed by atoms with van der Waals surface area (Å²) in [6.45, 7) is 3.80. The van der Waals surface area contributed by atoms with Crippen LogP contribution in [0, 0.1) is 28.2 Å². The van der Waals surface area contributed by atoms with Crippen LogP contribution in [0.4, 0.5) is 0 Å². The standard InChI is InChI=1S/C5H9N2.H2O.U.Y/c1-7-4-2-6-3-5-7;;;/h2H,1,3-5H2;1H2;;/q-1;;2*+1/p-1. The van der Waals surface area contributed by atoms with E-state index in [4.69, 9.17) is 0 Å². The van der Waals surface area contributed by atoms with Crippen molar-refractivity contribution >= 4 is 0 Å². The van der Waals surface area contributed by atoms with E-state index in [0.717, 1.165) is 3.08 Å². The van der Waals surface area contributed by atoms with Gasteiger partial charge in [0.1, 0.15) is 0 Å². The predicted octanol–water partition coefficient (Wildman–Crippen LogP) is -1.11. The van der Waals surface area contributed by atoms with Crippen LogP contribution in [0.1, 0.15) is 0 Å². The van der Waals surface area contributed by atoms with Crippen molar-refractivity contribution in [3.63, 3.8) is 0 Å². The third kappa shape index (κ3) is 1.69. The van der Waals surface area contributed by atoms with E-state index in [1.165, 1.54) is 23.0 Å². The molecule has 3 unspecified atom stereocenters. The van der Waals surface area contributed by atoms with Crippen LogP contribution in [0.3, 0.4) is 0 Å². The van der Waals surface area contributed by atoms with Gasteiger partial charge in [-0.25, -0.2) is 0 Å². The average Bonchev–Trinajstić information content (AvgIpc) is 2.06. The van der Waals surface area contributed by atoms with Crippen molar-refractivity contribution in [1.82, 2.24) is 6.93 Å². The Balaban J connectivity index is 2.01. The Morgan fingerprint density at radius 2 is 2.40 bits per heavy atom. The van der Waals surface area contributed by atoms with E-state index in [0.29, 0.717) is 0 Å². The molecule has 0 radical (unpaired) electrons. The minimum absolute atomic E-state index is 0.356. The monoisotopic (exact) mass is 441 g/mol. The van der Waals surface area contributed by atoms with Crippen molar-refractivity contribution in [2.75, 3.05) is 23.0 Å². The van der Waals surface area contributed by atoms with Crippen molar-refractivity contribution in [3.8, 4) is 0 Å². The van der Waals surface area contributed by atoms with Gasteiger partial charge < -0.3 is 0 Å². The van der Waals surface area contributed by atoms with Crippen LogP contribution in [0.15, 0.2) is 0 Å². The van der Waals surface area contributed by atoms with Crippen LogP contribution in [-0.2, 0) is 29.5 Å². The van der Waals surface area contributed by atoms with Gasteiger partial charge in [0, 0.05) is 0 Å². The Hall–Kier alpha value is 2.04. The summed E-state index contributed by atoms with van der Waals surface area (Å²) in [4.78, 5) is 2.57. The molecule has 0 aromatic carbocycles. The third-order valence-electron chi connectivity index (χ3n) is 2.23. The van der Waals surface area contributed by atoms with Crippen LogP contribution in [-0.4, -0.2) is 35.6 Å². The zero-order valence-corrected chi connectivity index (χ0v) is 12.8. The van der Waals surface area contributed by atoms with Crippen molar-refractivity contribution in [3.05, 3.63) is 0 Å². The number of piperazine rings is 1. The second-order valence-corrected chi connectivity index (χ2v) is 10.1. The molecule has 1 N–H and O–H groups in total. The second kappa shape index (κ2) is 3.83. The molecule has 3 heterocycles. The summed E-state index contributed by atoms with van der Waals surface area (Å²) in [6, 6.07) is 0. The Morgan fingerprint density at radius 3 is 2.70 bits per heavy atom. The predicted molar refractivity (Wildman–Crippen MR) is 29.2 cm³/mol. The van der Waals surface area contributed by atoms with Gasteiger partial charge in [0.05, 0.1) is 0 Å². The molecule has 0 aliphatic carbocycles. The molecule has 0 spiro atoms. The van der Waals surface area contributed by atoms with Crippen molar-refractivity contribution in [1.29, 1.82) is 0 Å².